The summed E-state index contributed by atoms with van der Waals surface area (Å²) in [6.07, 6.45) is 0. The Morgan fingerprint density at radius 2 is 1.85 bits per heavy atom. The van der Waals surface area contributed by atoms with E-state index in [-0.39, 0.29) is 0 Å². The van der Waals surface area contributed by atoms with Gasteiger partial charge in [0, 0.05) is 13.1 Å². The monoisotopic (exact) mass is 299 g/mol. The van der Waals surface area contributed by atoms with Gasteiger partial charge in [-0.3, -0.25) is 0 Å². The number of nitrogens with zero attached hydrogens (tertiary/aromatic N) is 1. The highest BCUT2D eigenvalue weighted by Crippen LogP contribution is 2.28. The molecule has 112 valence electrons. The van der Waals surface area contributed by atoms with Crippen LogP contribution < -0.4 is 4.74 Å². The summed E-state index contributed by atoms with van der Waals surface area (Å²) in [5, 5.41) is 0. The van der Waals surface area contributed by atoms with Gasteiger partial charge in [-0.05, 0) is 44.0 Å². The van der Waals surface area contributed by atoms with Crippen molar-refractivity contribution in [1.29, 1.82) is 0 Å². The molecule has 0 bridgehead atoms. The second kappa shape index (κ2) is 6.11. The van der Waals surface area contributed by atoms with E-state index in [0.717, 1.165) is 11.3 Å². The zero-order valence-electron chi connectivity index (χ0n) is 12.2. The van der Waals surface area contributed by atoms with Gasteiger partial charge in [0.25, 0.3) is 0 Å². The van der Waals surface area contributed by atoms with Crippen LogP contribution in [-0.2, 0) is 14.8 Å². The third-order valence-electron chi connectivity index (χ3n) is 3.36. The molecule has 0 unspecified atom stereocenters. The van der Waals surface area contributed by atoms with Crippen molar-refractivity contribution in [1.82, 2.24) is 4.31 Å². The number of hydrogen-bond acceptors (Lipinski definition) is 4. The molecule has 1 heterocycles. The Morgan fingerprint density at radius 1 is 1.20 bits per heavy atom. The number of benzene rings is 1. The molecule has 6 heteroatoms. The fourth-order valence-electron chi connectivity index (χ4n) is 2.28. The Kier molecular flexibility index (Phi) is 4.67. The minimum atomic E-state index is -3.45. The fraction of sp³-hybridized carbons (Fsp3) is 0.571. The standard InChI is InChI=1S/C14H21NO4S/c1-4-19-13-9-12(3)14(10-11(13)2)20(16,17)15-5-7-18-8-6-15/h9-10H,4-8H2,1-3H3. The first-order chi connectivity index (χ1) is 9.46. The summed E-state index contributed by atoms with van der Waals surface area (Å²) in [6.45, 7) is 7.87. The summed E-state index contributed by atoms with van der Waals surface area (Å²) >= 11 is 0. The maximum atomic E-state index is 12.7. The van der Waals surface area contributed by atoms with Gasteiger partial charge in [0.05, 0.1) is 24.7 Å². The van der Waals surface area contributed by atoms with E-state index in [4.69, 9.17) is 9.47 Å². The van der Waals surface area contributed by atoms with Gasteiger partial charge in [0.2, 0.25) is 10.0 Å². The summed E-state index contributed by atoms with van der Waals surface area (Å²) in [6, 6.07) is 3.50. The molecular weight excluding hydrogens is 278 g/mol. The second-order valence-corrected chi connectivity index (χ2v) is 6.74. The average Bonchev–Trinajstić information content (AvgIpc) is 2.43. The van der Waals surface area contributed by atoms with Crippen molar-refractivity contribution in [3.8, 4) is 5.75 Å². The Hall–Kier alpha value is -1.11. The van der Waals surface area contributed by atoms with Gasteiger partial charge >= 0.3 is 0 Å². The summed E-state index contributed by atoms with van der Waals surface area (Å²) in [7, 11) is -3.45. The maximum absolute atomic E-state index is 12.7. The van der Waals surface area contributed by atoms with Gasteiger partial charge in [-0.1, -0.05) is 0 Å². The highest BCUT2D eigenvalue weighted by Gasteiger charge is 2.28. The molecule has 0 aromatic heterocycles. The zero-order valence-corrected chi connectivity index (χ0v) is 13.0. The number of sulfonamides is 1. The van der Waals surface area contributed by atoms with Crippen LogP contribution in [0.2, 0.25) is 0 Å². The van der Waals surface area contributed by atoms with Crippen LogP contribution in [0.25, 0.3) is 0 Å². The predicted octanol–water partition coefficient (Wildman–Crippen LogP) is 1.72. The van der Waals surface area contributed by atoms with Crippen LogP contribution in [0.1, 0.15) is 18.1 Å². The quantitative estimate of drug-likeness (QED) is 0.849. The molecule has 0 aliphatic carbocycles. The summed E-state index contributed by atoms with van der Waals surface area (Å²) in [5.41, 5.74) is 1.55. The third-order valence-corrected chi connectivity index (χ3v) is 5.40. The Balaban J connectivity index is 2.38. The largest absolute Gasteiger partial charge is 0.494 e. The Morgan fingerprint density at radius 3 is 2.45 bits per heavy atom. The number of rotatable bonds is 4. The lowest BCUT2D eigenvalue weighted by atomic mass is 10.1. The van der Waals surface area contributed by atoms with E-state index in [1.54, 1.807) is 19.1 Å². The summed E-state index contributed by atoms with van der Waals surface area (Å²) in [5.74, 6) is 0.742. The highest BCUT2D eigenvalue weighted by atomic mass is 32.2. The van der Waals surface area contributed by atoms with Crippen LogP contribution in [-0.4, -0.2) is 45.6 Å². The summed E-state index contributed by atoms with van der Waals surface area (Å²) < 4.78 is 37.5. The molecule has 1 aliphatic rings. The van der Waals surface area contributed by atoms with Crippen LogP contribution >= 0.6 is 0 Å². The van der Waals surface area contributed by atoms with E-state index >= 15 is 0 Å². The van der Waals surface area contributed by atoms with Gasteiger partial charge in [0.1, 0.15) is 5.75 Å². The normalized spacial score (nSPS) is 17.1. The highest BCUT2D eigenvalue weighted by molar-refractivity contribution is 7.89. The molecule has 0 amide bonds. The van der Waals surface area contributed by atoms with Crippen molar-refractivity contribution in [2.24, 2.45) is 0 Å². The average molecular weight is 299 g/mol. The Bertz CT molecular complexity index is 577. The molecule has 1 saturated heterocycles. The van der Waals surface area contributed by atoms with Crippen molar-refractivity contribution >= 4 is 10.0 Å². The molecule has 1 aliphatic heterocycles. The second-order valence-electron chi connectivity index (χ2n) is 4.83. The molecule has 1 aromatic carbocycles. The molecule has 0 spiro atoms. The van der Waals surface area contributed by atoms with Crippen LogP contribution in [0, 0.1) is 13.8 Å². The van der Waals surface area contributed by atoms with Gasteiger partial charge in [-0.15, -0.1) is 0 Å². The molecule has 0 radical (unpaired) electrons. The zero-order chi connectivity index (χ0) is 14.8. The van der Waals surface area contributed by atoms with E-state index in [1.165, 1.54) is 4.31 Å². The predicted molar refractivity (Wildman–Crippen MR) is 76.7 cm³/mol. The minimum absolute atomic E-state index is 0.361. The van der Waals surface area contributed by atoms with Crippen molar-refractivity contribution in [3.63, 3.8) is 0 Å². The van der Waals surface area contributed by atoms with Crippen LogP contribution in [0.3, 0.4) is 0 Å². The number of morpholine rings is 1. The first-order valence-corrected chi connectivity index (χ1v) is 8.22. The van der Waals surface area contributed by atoms with Crippen LogP contribution in [0.5, 0.6) is 5.75 Å². The molecule has 1 aromatic rings. The van der Waals surface area contributed by atoms with Gasteiger partial charge in [-0.2, -0.15) is 4.31 Å². The van der Waals surface area contributed by atoms with Gasteiger partial charge in [0.15, 0.2) is 0 Å². The van der Waals surface area contributed by atoms with E-state index in [2.05, 4.69) is 0 Å². The lowest BCUT2D eigenvalue weighted by molar-refractivity contribution is 0.0730. The van der Waals surface area contributed by atoms with Crippen molar-refractivity contribution in [2.45, 2.75) is 25.7 Å². The Labute approximate surface area is 120 Å². The first kappa shape index (κ1) is 15.3. The van der Waals surface area contributed by atoms with Gasteiger partial charge < -0.3 is 9.47 Å². The minimum Gasteiger partial charge on any atom is -0.494 e. The molecule has 20 heavy (non-hydrogen) atoms. The molecule has 1 fully saturated rings. The molecular formula is C14H21NO4S. The van der Waals surface area contributed by atoms with Crippen molar-refractivity contribution in [2.75, 3.05) is 32.9 Å². The third kappa shape index (κ3) is 2.97. The fourth-order valence-corrected chi connectivity index (χ4v) is 3.98. The number of ether oxygens (including phenoxy) is 2. The van der Waals surface area contributed by atoms with Crippen LogP contribution in [0.4, 0.5) is 0 Å². The van der Waals surface area contributed by atoms with E-state index in [0.29, 0.717) is 43.4 Å². The molecule has 0 atom stereocenters. The van der Waals surface area contributed by atoms with Crippen molar-refractivity contribution < 1.29 is 17.9 Å². The summed E-state index contributed by atoms with van der Waals surface area (Å²) in [4.78, 5) is 0.361. The first-order valence-electron chi connectivity index (χ1n) is 6.78. The molecule has 5 nitrogen and oxygen atoms in total. The molecule has 2 rings (SSSR count). The van der Waals surface area contributed by atoms with Gasteiger partial charge in [-0.25, -0.2) is 8.42 Å². The lowest BCUT2D eigenvalue weighted by Gasteiger charge is -2.27. The number of hydrogen-bond donors (Lipinski definition) is 0. The number of aryl methyl sites for hydroxylation is 2. The van der Waals surface area contributed by atoms with E-state index < -0.39 is 10.0 Å². The molecule has 0 N–H and O–H groups in total. The lowest BCUT2D eigenvalue weighted by Crippen LogP contribution is -2.40. The topological polar surface area (TPSA) is 55.8 Å². The SMILES string of the molecule is CCOc1cc(C)c(S(=O)(=O)N2CCOCC2)cc1C. The van der Waals surface area contributed by atoms with E-state index in [9.17, 15) is 8.42 Å². The molecule has 0 saturated carbocycles. The smallest absolute Gasteiger partial charge is 0.243 e. The maximum Gasteiger partial charge on any atom is 0.243 e. The van der Waals surface area contributed by atoms with Crippen LogP contribution in [0.15, 0.2) is 17.0 Å². The van der Waals surface area contributed by atoms with Crippen molar-refractivity contribution in [3.05, 3.63) is 23.3 Å². The van der Waals surface area contributed by atoms with E-state index in [1.807, 2.05) is 13.8 Å².